The van der Waals surface area contributed by atoms with Crippen molar-refractivity contribution in [2.24, 2.45) is 0 Å². The molecule has 0 saturated carbocycles. The number of hydrogen-bond donors (Lipinski definition) is 1. The summed E-state index contributed by atoms with van der Waals surface area (Å²) < 4.78 is 17.2. The standard InChI is InChI=1S/C15H28N2O3Si/c1-7-12-13(20-15(2,3)19-12)10-16-17-11-18-9-8-14(17)21(4,5)6/h1,12-14,16H,8-11H2,2-6H3/t12-,13-,14?/m0/s1. The Morgan fingerprint density at radius 1 is 1.33 bits per heavy atom. The molecule has 0 aliphatic carbocycles. The molecule has 0 aromatic carbocycles. The number of nitrogens with one attached hydrogen (secondary N) is 1. The lowest BCUT2D eigenvalue weighted by Crippen LogP contribution is -2.61. The van der Waals surface area contributed by atoms with Gasteiger partial charge in [0.15, 0.2) is 5.79 Å². The lowest BCUT2D eigenvalue weighted by Gasteiger charge is -2.42. The first-order chi connectivity index (χ1) is 9.73. The van der Waals surface area contributed by atoms with Gasteiger partial charge in [-0.1, -0.05) is 25.6 Å². The fourth-order valence-electron chi connectivity index (χ4n) is 2.99. The molecule has 21 heavy (non-hydrogen) atoms. The Morgan fingerprint density at radius 2 is 2.05 bits per heavy atom. The molecule has 1 N–H and O–H groups in total. The molecule has 0 aromatic heterocycles. The zero-order chi connectivity index (χ0) is 15.7. The lowest BCUT2D eigenvalue weighted by atomic mass is 10.2. The maximum Gasteiger partial charge on any atom is 0.165 e. The second-order valence-corrected chi connectivity index (χ2v) is 12.7. The van der Waals surface area contributed by atoms with Crippen LogP contribution in [0, 0.1) is 12.3 Å². The summed E-state index contributed by atoms with van der Waals surface area (Å²) >= 11 is 0. The van der Waals surface area contributed by atoms with E-state index in [1.165, 1.54) is 0 Å². The van der Waals surface area contributed by atoms with E-state index < -0.39 is 13.9 Å². The molecule has 2 saturated heterocycles. The molecule has 5 nitrogen and oxygen atoms in total. The Hall–Kier alpha value is -0.423. The van der Waals surface area contributed by atoms with Gasteiger partial charge in [0.1, 0.15) is 18.9 Å². The number of nitrogens with zero attached hydrogens (tertiary/aromatic N) is 1. The van der Waals surface area contributed by atoms with Crippen molar-refractivity contribution in [1.82, 2.24) is 10.4 Å². The van der Waals surface area contributed by atoms with E-state index in [1.807, 2.05) is 13.8 Å². The van der Waals surface area contributed by atoms with E-state index in [9.17, 15) is 0 Å². The quantitative estimate of drug-likeness (QED) is 0.630. The average Bonchev–Trinajstić information content (AvgIpc) is 2.70. The summed E-state index contributed by atoms with van der Waals surface area (Å²) in [5.41, 5.74) is 4.03. The minimum Gasteiger partial charge on any atom is -0.365 e. The van der Waals surface area contributed by atoms with E-state index in [4.69, 9.17) is 20.6 Å². The van der Waals surface area contributed by atoms with Gasteiger partial charge >= 0.3 is 0 Å². The van der Waals surface area contributed by atoms with Gasteiger partial charge in [-0.25, -0.2) is 5.01 Å². The van der Waals surface area contributed by atoms with E-state index in [0.717, 1.165) is 13.0 Å². The van der Waals surface area contributed by atoms with Crippen molar-refractivity contribution in [3.63, 3.8) is 0 Å². The minimum absolute atomic E-state index is 0.130. The summed E-state index contributed by atoms with van der Waals surface area (Å²) in [7, 11) is -1.28. The zero-order valence-electron chi connectivity index (χ0n) is 13.8. The average molecular weight is 312 g/mol. The van der Waals surface area contributed by atoms with Crippen molar-refractivity contribution < 1.29 is 14.2 Å². The molecule has 2 rings (SSSR count). The molecule has 1 unspecified atom stereocenters. The van der Waals surface area contributed by atoms with Crippen LogP contribution in [0.4, 0.5) is 0 Å². The second-order valence-electron chi connectivity index (χ2n) is 7.30. The van der Waals surface area contributed by atoms with Crippen molar-refractivity contribution in [3.8, 4) is 12.3 Å². The zero-order valence-corrected chi connectivity index (χ0v) is 14.8. The second kappa shape index (κ2) is 6.37. The van der Waals surface area contributed by atoms with Gasteiger partial charge in [0, 0.05) is 18.8 Å². The van der Waals surface area contributed by atoms with E-state index in [-0.39, 0.29) is 12.2 Å². The van der Waals surface area contributed by atoms with Crippen LogP contribution in [-0.4, -0.2) is 56.6 Å². The Kier molecular flexibility index (Phi) is 5.13. The highest BCUT2D eigenvalue weighted by Gasteiger charge is 2.41. The Morgan fingerprint density at radius 3 is 2.67 bits per heavy atom. The van der Waals surface area contributed by atoms with Crippen LogP contribution in [0.25, 0.3) is 0 Å². The van der Waals surface area contributed by atoms with E-state index in [1.54, 1.807) is 0 Å². The largest absolute Gasteiger partial charge is 0.365 e. The van der Waals surface area contributed by atoms with E-state index >= 15 is 0 Å². The first-order valence-electron chi connectivity index (χ1n) is 7.62. The topological polar surface area (TPSA) is 43.0 Å². The van der Waals surface area contributed by atoms with Crippen molar-refractivity contribution in [1.29, 1.82) is 0 Å². The van der Waals surface area contributed by atoms with Gasteiger partial charge in [-0.3, -0.25) is 5.43 Å². The number of rotatable bonds is 4. The van der Waals surface area contributed by atoms with Crippen LogP contribution in [0.1, 0.15) is 20.3 Å². The molecule has 0 aromatic rings. The molecule has 2 aliphatic heterocycles. The third-order valence-corrected chi connectivity index (χ3v) is 6.59. The number of terminal acetylenes is 1. The molecule has 2 fully saturated rings. The van der Waals surface area contributed by atoms with Crippen LogP contribution in [0.2, 0.25) is 19.6 Å². The van der Waals surface area contributed by atoms with Crippen LogP contribution < -0.4 is 5.43 Å². The van der Waals surface area contributed by atoms with Crippen molar-refractivity contribution in [2.75, 3.05) is 19.9 Å². The summed E-state index contributed by atoms with van der Waals surface area (Å²) in [6, 6.07) is 0. The third kappa shape index (κ3) is 4.28. The molecule has 0 spiro atoms. The SMILES string of the molecule is C#C[C@@H]1OC(C)(C)O[C@H]1CNN1COCCC1[Si](C)(C)C. The van der Waals surface area contributed by atoms with E-state index in [0.29, 0.717) is 18.9 Å². The Labute approximate surface area is 129 Å². The number of ether oxygens (including phenoxy) is 3. The van der Waals surface area contributed by atoms with Crippen LogP contribution in [0.5, 0.6) is 0 Å². The van der Waals surface area contributed by atoms with Gasteiger partial charge in [0.25, 0.3) is 0 Å². The molecule has 2 heterocycles. The summed E-state index contributed by atoms with van der Waals surface area (Å²) in [6.07, 6.45) is 6.18. The molecule has 0 amide bonds. The molecular formula is C15H28N2O3Si. The Bertz CT molecular complexity index is 403. The van der Waals surface area contributed by atoms with Gasteiger partial charge in [-0.15, -0.1) is 6.42 Å². The minimum atomic E-state index is -1.28. The first-order valence-corrected chi connectivity index (χ1v) is 11.2. The Balaban J connectivity index is 1.93. The molecule has 6 heteroatoms. The summed E-state index contributed by atoms with van der Waals surface area (Å²) in [4.78, 5) is 0. The summed E-state index contributed by atoms with van der Waals surface area (Å²) in [5.74, 6) is 2.06. The molecule has 3 atom stereocenters. The van der Waals surface area contributed by atoms with Gasteiger partial charge in [0.05, 0.1) is 8.07 Å². The maximum absolute atomic E-state index is 5.88. The highest BCUT2D eigenvalue weighted by Crippen LogP contribution is 2.28. The van der Waals surface area contributed by atoms with Gasteiger partial charge in [0.2, 0.25) is 0 Å². The van der Waals surface area contributed by atoms with Gasteiger partial charge in [-0.2, -0.15) is 0 Å². The van der Waals surface area contributed by atoms with Crippen LogP contribution in [-0.2, 0) is 14.2 Å². The van der Waals surface area contributed by atoms with Crippen molar-refractivity contribution in [2.45, 2.75) is 63.6 Å². The molecule has 2 aliphatic rings. The monoisotopic (exact) mass is 312 g/mol. The molecule has 0 bridgehead atoms. The highest BCUT2D eigenvalue weighted by atomic mass is 28.3. The van der Waals surface area contributed by atoms with Gasteiger partial charge < -0.3 is 14.2 Å². The summed E-state index contributed by atoms with van der Waals surface area (Å²) in [5, 5.41) is 2.22. The third-order valence-electron chi connectivity index (χ3n) is 3.99. The molecular weight excluding hydrogens is 284 g/mol. The van der Waals surface area contributed by atoms with Crippen molar-refractivity contribution in [3.05, 3.63) is 0 Å². The first kappa shape index (κ1) is 16.9. The highest BCUT2D eigenvalue weighted by molar-refractivity contribution is 6.77. The fraction of sp³-hybridized carbons (Fsp3) is 0.867. The van der Waals surface area contributed by atoms with Crippen molar-refractivity contribution >= 4 is 8.07 Å². The van der Waals surface area contributed by atoms with Crippen LogP contribution in [0.15, 0.2) is 0 Å². The number of hydrazine groups is 1. The summed E-state index contributed by atoms with van der Waals surface area (Å²) in [6.45, 7) is 13.1. The predicted molar refractivity (Wildman–Crippen MR) is 85.1 cm³/mol. The van der Waals surface area contributed by atoms with Crippen LogP contribution in [0.3, 0.4) is 0 Å². The van der Waals surface area contributed by atoms with Crippen LogP contribution >= 0.6 is 0 Å². The van der Waals surface area contributed by atoms with E-state index in [2.05, 4.69) is 36.0 Å². The lowest BCUT2D eigenvalue weighted by molar-refractivity contribution is -0.144. The smallest absolute Gasteiger partial charge is 0.165 e. The normalized spacial score (nSPS) is 33.8. The fourth-order valence-corrected chi connectivity index (χ4v) is 5.08. The van der Waals surface area contributed by atoms with Gasteiger partial charge in [-0.05, 0) is 20.3 Å². The maximum atomic E-state index is 5.88. The molecule has 120 valence electrons. The predicted octanol–water partition coefficient (Wildman–Crippen LogP) is 1.57. The number of hydrogen-bond acceptors (Lipinski definition) is 5. The molecule has 0 radical (unpaired) electrons.